The number of aliphatic hydroxyl groups is 1. The highest BCUT2D eigenvalue weighted by Gasteiger charge is 2.24. The Morgan fingerprint density at radius 1 is 0.507 bits per heavy atom. The lowest BCUT2D eigenvalue weighted by Gasteiger charge is -2.30. The van der Waals surface area contributed by atoms with E-state index in [0.717, 1.165) is 51.4 Å². The lowest BCUT2D eigenvalue weighted by atomic mass is 10.0. The Kier molecular flexibility index (Phi) is 50.7. The molecule has 2 N–H and O–H groups in total. The second-order valence-corrected chi connectivity index (χ2v) is 23.1. The lowest BCUT2D eigenvalue weighted by Crippen LogP contribution is -2.46. The van der Waals surface area contributed by atoms with Crippen molar-refractivity contribution in [1.82, 2.24) is 5.32 Å². The minimum Gasteiger partial charge on any atom is -0.756 e. The van der Waals surface area contributed by atoms with E-state index < -0.39 is 20.0 Å². The van der Waals surface area contributed by atoms with Gasteiger partial charge in [0.1, 0.15) is 13.2 Å². The Balaban J connectivity index is 4.14. The minimum absolute atomic E-state index is 0.0124. The van der Waals surface area contributed by atoms with E-state index in [4.69, 9.17) is 9.05 Å². The van der Waals surface area contributed by atoms with Gasteiger partial charge in [-0.2, -0.15) is 0 Å². The molecule has 8 nitrogen and oxygen atoms in total. The largest absolute Gasteiger partial charge is 0.756 e. The van der Waals surface area contributed by atoms with Gasteiger partial charge < -0.3 is 28.8 Å². The van der Waals surface area contributed by atoms with Crippen LogP contribution in [0.15, 0.2) is 36.5 Å². The number of hydrogen-bond acceptors (Lipinski definition) is 6. The molecule has 0 saturated heterocycles. The second-order valence-electron chi connectivity index (χ2n) is 21.7. The van der Waals surface area contributed by atoms with E-state index in [9.17, 15) is 19.4 Å². The first kappa shape index (κ1) is 67.7. The minimum atomic E-state index is -4.57. The highest BCUT2D eigenvalue weighted by molar-refractivity contribution is 7.45. The van der Waals surface area contributed by atoms with Gasteiger partial charge in [-0.05, 0) is 51.4 Å². The molecular weight excluding hydrogens is 876 g/mol. The summed E-state index contributed by atoms with van der Waals surface area (Å²) in [6.45, 7) is 4.74. The van der Waals surface area contributed by atoms with E-state index in [2.05, 4.69) is 55.6 Å². The van der Waals surface area contributed by atoms with E-state index in [0.29, 0.717) is 23.9 Å². The van der Waals surface area contributed by atoms with Gasteiger partial charge in [-0.25, -0.2) is 0 Å². The maximum atomic E-state index is 13.0. The zero-order chi connectivity index (χ0) is 50.6. The summed E-state index contributed by atoms with van der Waals surface area (Å²) in [5.41, 5.74) is 0. The number of hydrogen-bond donors (Lipinski definition) is 2. The van der Waals surface area contributed by atoms with Crippen LogP contribution >= 0.6 is 7.82 Å². The Morgan fingerprint density at radius 3 is 1.22 bits per heavy atom. The van der Waals surface area contributed by atoms with Gasteiger partial charge in [0.15, 0.2) is 0 Å². The summed E-state index contributed by atoms with van der Waals surface area (Å²) in [6.07, 6.45) is 66.0. The number of phosphoric ester groups is 1. The molecule has 9 heteroatoms. The quantitative estimate of drug-likeness (QED) is 0.0272. The Bertz CT molecular complexity index is 1220. The van der Waals surface area contributed by atoms with Crippen molar-refractivity contribution in [2.45, 2.75) is 302 Å². The molecule has 0 spiro atoms. The third kappa shape index (κ3) is 54.3. The van der Waals surface area contributed by atoms with Crippen LogP contribution in [0.5, 0.6) is 0 Å². The molecule has 0 saturated carbocycles. The average molecular weight is 994 g/mol. The first-order valence-corrected chi connectivity index (χ1v) is 31.3. The van der Waals surface area contributed by atoms with Crippen LogP contribution in [-0.2, 0) is 18.4 Å². The van der Waals surface area contributed by atoms with Gasteiger partial charge in [0.25, 0.3) is 7.82 Å². The zero-order valence-electron chi connectivity index (χ0n) is 46.5. The predicted octanol–water partition coefficient (Wildman–Crippen LogP) is 17.5. The van der Waals surface area contributed by atoms with E-state index >= 15 is 0 Å². The number of rotatable bonds is 55. The molecule has 0 fully saturated rings. The first-order valence-electron chi connectivity index (χ1n) is 29.8. The van der Waals surface area contributed by atoms with Gasteiger partial charge in [-0.15, -0.1) is 0 Å². The van der Waals surface area contributed by atoms with E-state index in [1.807, 2.05) is 21.1 Å². The van der Waals surface area contributed by atoms with Crippen molar-refractivity contribution in [3.8, 4) is 0 Å². The van der Waals surface area contributed by atoms with E-state index in [1.54, 1.807) is 0 Å². The van der Waals surface area contributed by atoms with Gasteiger partial charge in [-0.1, -0.05) is 269 Å². The van der Waals surface area contributed by atoms with Crippen LogP contribution in [0.25, 0.3) is 0 Å². The number of amides is 1. The molecule has 0 aliphatic carbocycles. The Labute approximate surface area is 429 Å². The summed E-state index contributed by atoms with van der Waals surface area (Å²) >= 11 is 0. The fourth-order valence-electron chi connectivity index (χ4n) is 8.93. The normalized spacial score (nSPS) is 14.1. The molecule has 0 aromatic carbocycles. The number of quaternary nitrogens is 1. The van der Waals surface area contributed by atoms with Crippen LogP contribution in [0.4, 0.5) is 0 Å². The number of nitrogens with zero attached hydrogens (tertiary/aromatic N) is 1. The standard InChI is InChI=1S/C60H117N2O6P/c1-6-8-10-12-14-16-18-20-22-24-26-28-29-30-31-32-33-34-36-38-40-42-44-46-48-50-52-54-60(64)61-58(57-68-69(65,66)67-56-55-62(3,4)5)59(63)53-51-49-47-45-43-41-39-37-35-27-25-23-21-19-17-15-13-11-9-7-2/h18,20,24,26,29-30,58-59,63H,6-17,19,21-23,25,27-28,31-57H2,1-5H3,(H-,61,64,65,66)/b20-18-,26-24-,30-29-. The fraction of sp³-hybridized carbons (Fsp3) is 0.883. The third-order valence-corrected chi connectivity index (χ3v) is 14.6. The summed E-state index contributed by atoms with van der Waals surface area (Å²) < 4.78 is 23.4. The molecule has 3 unspecified atom stereocenters. The number of nitrogens with one attached hydrogen (secondary N) is 1. The van der Waals surface area contributed by atoms with E-state index in [-0.39, 0.29) is 19.1 Å². The van der Waals surface area contributed by atoms with Crippen molar-refractivity contribution in [3.05, 3.63) is 36.5 Å². The van der Waals surface area contributed by atoms with Crippen LogP contribution in [0.1, 0.15) is 290 Å². The van der Waals surface area contributed by atoms with E-state index in [1.165, 1.54) is 212 Å². The molecular formula is C60H117N2O6P. The van der Waals surface area contributed by atoms with Crippen molar-refractivity contribution in [3.63, 3.8) is 0 Å². The maximum Gasteiger partial charge on any atom is 0.268 e. The monoisotopic (exact) mass is 993 g/mol. The number of carbonyl (C=O) groups excluding carboxylic acids is 1. The summed E-state index contributed by atoms with van der Waals surface area (Å²) in [4.78, 5) is 25.6. The van der Waals surface area contributed by atoms with Crippen molar-refractivity contribution in [1.29, 1.82) is 0 Å². The van der Waals surface area contributed by atoms with Crippen LogP contribution in [0.2, 0.25) is 0 Å². The first-order chi connectivity index (χ1) is 33.5. The molecule has 0 aromatic rings. The highest BCUT2D eigenvalue weighted by atomic mass is 31.2. The zero-order valence-corrected chi connectivity index (χ0v) is 47.4. The Morgan fingerprint density at radius 2 is 0.841 bits per heavy atom. The molecule has 0 aliphatic rings. The lowest BCUT2D eigenvalue weighted by molar-refractivity contribution is -0.870. The molecule has 0 aromatic heterocycles. The van der Waals surface area contributed by atoms with Crippen molar-refractivity contribution >= 4 is 13.7 Å². The molecule has 1 amide bonds. The molecule has 3 atom stereocenters. The van der Waals surface area contributed by atoms with Gasteiger partial charge in [0.2, 0.25) is 5.91 Å². The molecule has 69 heavy (non-hydrogen) atoms. The molecule has 0 aliphatic heterocycles. The smallest absolute Gasteiger partial charge is 0.268 e. The van der Waals surface area contributed by atoms with Gasteiger partial charge in [-0.3, -0.25) is 9.36 Å². The van der Waals surface area contributed by atoms with Gasteiger partial charge in [0, 0.05) is 6.42 Å². The van der Waals surface area contributed by atoms with Crippen molar-refractivity contribution < 1.29 is 32.9 Å². The van der Waals surface area contributed by atoms with Crippen LogP contribution < -0.4 is 10.2 Å². The Hall–Kier alpha value is -1.28. The number of aliphatic hydroxyl groups excluding tert-OH is 1. The van der Waals surface area contributed by atoms with Crippen molar-refractivity contribution in [2.24, 2.45) is 0 Å². The summed E-state index contributed by atoms with van der Waals surface area (Å²) in [5.74, 6) is -0.163. The summed E-state index contributed by atoms with van der Waals surface area (Å²) in [5, 5.41) is 14.0. The van der Waals surface area contributed by atoms with Gasteiger partial charge in [0.05, 0.1) is 39.9 Å². The third-order valence-electron chi connectivity index (χ3n) is 13.6. The second kappa shape index (κ2) is 51.6. The molecule has 0 heterocycles. The van der Waals surface area contributed by atoms with Crippen LogP contribution in [-0.4, -0.2) is 68.5 Å². The predicted molar refractivity (Wildman–Crippen MR) is 298 cm³/mol. The highest BCUT2D eigenvalue weighted by Crippen LogP contribution is 2.38. The van der Waals surface area contributed by atoms with Crippen LogP contribution in [0.3, 0.4) is 0 Å². The summed E-state index contributed by atoms with van der Waals surface area (Å²) in [7, 11) is 1.31. The molecule has 408 valence electrons. The number of likely N-dealkylation sites (N-methyl/N-ethyl adjacent to an activating group) is 1. The van der Waals surface area contributed by atoms with Gasteiger partial charge >= 0.3 is 0 Å². The topological polar surface area (TPSA) is 108 Å². The van der Waals surface area contributed by atoms with Crippen molar-refractivity contribution in [2.75, 3.05) is 40.9 Å². The molecule has 0 rings (SSSR count). The number of unbranched alkanes of at least 4 members (excludes halogenated alkanes) is 36. The average Bonchev–Trinajstić information content (AvgIpc) is 3.31. The number of allylic oxidation sites excluding steroid dienone is 6. The SMILES string of the molecule is CCCCCCC/C=C\C/C=C\C/C=C\CCCCCCCCCCCCCCC(=O)NC(COP(=O)([O-])OCC[N+](C)(C)C)C(O)CCCCCCCCCCCCCCCCCCCCCC. The molecule has 0 bridgehead atoms. The maximum absolute atomic E-state index is 13.0. The molecule has 0 radical (unpaired) electrons. The number of carbonyl (C=O) groups is 1. The summed E-state index contributed by atoms with van der Waals surface area (Å²) in [6, 6.07) is -0.802. The fourth-order valence-corrected chi connectivity index (χ4v) is 9.66. The number of phosphoric acid groups is 1. The van der Waals surface area contributed by atoms with Crippen LogP contribution in [0, 0.1) is 0 Å².